The number of carbonyl (C=O) groups is 2. The van der Waals surface area contributed by atoms with E-state index in [1.165, 1.54) is 25.4 Å². The summed E-state index contributed by atoms with van der Waals surface area (Å²) in [6.07, 6.45) is -1.32. The van der Waals surface area contributed by atoms with Crippen LogP contribution in [0.15, 0.2) is 54.7 Å². The first-order valence-electron chi connectivity index (χ1n) is 10.8. The van der Waals surface area contributed by atoms with Gasteiger partial charge < -0.3 is 15.4 Å². The number of aryl methyl sites for hydroxylation is 1. The van der Waals surface area contributed by atoms with Gasteiger partial charge in [0.2, 0.25) is 0 Å². The minimum atomic E-state index is -4.65. The van der Waals surface area contributed by atoms with Gasteiger partial charge in [0.25, 0.3) is 11.8 Å². The molecule has 0 saturated carbocycles. The standard InChI is InChI=1S/C25H21ClF3N3O3/c1-30-24(34)22-13-19(8-9-31-22)35-18-6-3-14-2-5-17(10-16(14)11-18)32-23(33)15-4-7-21(26)20(12-15)25(27,28)29/h3-4,6-9,11-13,17H,2,5,10H2,1H3,(H,30,34)(H,32,33). The number of benzene rings is 2. The Labute approximate surface area is 204 Å². The zero-order valence-corrected chi connectivity index (χ0v) is 19.3. The number of halogens is 4. The number of hydrogen-bond donors (Lipinski definition) is 2. The average molecular weight is 504 g/mol. The molecule has 0 spiro atoms. The summed E-state index contributed by atoms with van der Waals surface area (Å²) in [5.41, 5.74) is 1.15. The fourth-order valence-corrected chi connectivity index (χ4v) is 4.16. The lowest BCUT2D eigenvalue weighted by Gasteiger charge is -2.26. The number of nitrogens with one attached hydrogen (secondary N) is 2. The summed E-state index contributed by atoms with van der Waals surface area (Å²) >= 11 is 5.65. The van der Waals surface area contributed by atoms with E-state index in [0.29, 0.717) is 30.8 Å². The van der Waals surface area contributed by atoms with E-state index < -0.39 is 22.7 Å². The van der Waals surface area contributed by atoms with Crippen molar-refractivity contribution in [2.24, 2.45) is 0 Å². The molecule has 0 bridgehead atoms. The Kier molecular flexibility index (Phi) is 6.98. The van der Waals surface area contributed by atoms with Crippen LogP contribution in [0.1, 0.15) is 44.0 Å². The van der Waals surface area contributed by atoms with Crippen LogP contribution in [0.2, 0.25) is 5.02 Å². The highest BCUT2D eigenvalue weighted by Crippen LogP contribution is 2.35. The number of hydrogen-bond acceptors (Lipinski definition) is 4. The molecule has 4 rings (SSSR count). The Morgan fingerprint density at radius 3 is 2.54 bits per heavy atom. The molecule has 1 aromatic heterocycles. The number of fused-ring (bicyclic) bond motifs is 1. The average Bonchev–Trinajstić information content (AvgIpc) is 2.83. The van der Waals surface area contributed by atoms with E-state index in [0.717, 1.165) is 23.3 Å². The molecule has 1 heterocycles. The summed E-state index contributed by atoms with van der Waals surface area (Å²) in [7, 11) is 1.51. The largest absolute Gasteiger partial charge is 0.457 e. The van der Waals surface area contributed by atoms with Crippen LogP contribution in [0.4, 0.5) is 13.2 Å². The number of alkyl halides is 3. The number of nitrogens with zero attached hydrogens (tertiary/aromatic N) is 1. The van der Waals surface area contributed by atoms with E-state index >= 15 is 0 Å². The van der Waals surface area contributed by atoms with Gasteiger partial charge in [-0.25, -0.2) is 0 Å². The van der Waals surface area contributed by atoms with E-state index in [1.54, 1.807) is 6.07 Å². The lowest BCUT2D eigenvalue weighted by molar-refractivity contribution is -0.137. The molecule has 1 atom stereocenters. The van der Waals surface area contributed by atoms with E-state index in [2.05, 4.69) is 15.6 Å². The SMILES string of the molecule is CNC(=O)c1cc(Oc2ccc3c(c2)CC(NC(=O)c2ccc(Cl)c(C(F)(F)F)c2)CC3)ccn1. The zero-order chi connectivity index (χ0) is 25.2. The third-order valence-corrected chi connectivity index (χ3v) is 6.03. The molecular formula is C25H21ClF3N3O3. The predicted octanol–water partition coefficient (Wildman–Crippen LogP) is 5.19. The van der Waals surface area contributed by atoms with Crippen LogP contribution in [0.3, 0.4) is 0 Å². The highest BCUT2D eigenvalue weighted by Gasteiger charge is 2.34. The highest BCUT2D eigenvalue weighted by molar-refractivity contribution is 6.31. The van der Waals surface area contributed by atoms with Gasteiger partial charge in [0, 0.05) is 30.9 Å². The maximum atomic E-state index is 13.1. The molecule has 0 saturated heterocycles. The molecule has 0 aliphatic heterocycles. The molecule has 0 radical (unpaired) electrons. The van der Waals surface area contributed by atoms with Gasteiger partial charge in [0.1, 0.15) is 17.2 Å². The topological polar surface area (TPSA) is 80.3 Å². The van der Waals surface area contributed by atoms with E-state index in [-0.39, 0.29) is 23.2 Å². The van der Waals surface area contributed by atoms with Crippen LogP contribution in [0, 0.1) is 0 Å². The van der Waals surface area contributed by atoms with Gasteiger partial charge in [-0.15, -0.1) is 0 Å². The Hall–Kier alpha value is -3.59. The second-order valence-corrected chi connectivity index (χ2v) is 8.50. The van der Waals surface area contributed by atoms with Crippen molar-refractivity contribution in [2.75, 3.05) is 7.05 Å². The van der Waals surface area contributed by atoms with Crippen LogP contribution in [0.5, 0.6) is 11.5 Å². The maximum absolute atomic E-state index is 13.1. The molecule has 2 aromatic carbocycles. The van der Waals surface area contributed by atoms with Crippen molar-refractivity contribution in [3.63, 3.8) is 0 Å². The minimum absolute atomic E-state index is 0.103. The second kappa shape index (κ2) is 9.95. The molecule has 35 heavy (non-hydrogen) atoms. The normalized spacial score (nSPS) is 15.2. The number of carbonyl (C=O) groups excluding carboxylic acids is 2. The summed E-state index contributed by atoms with van der Waals surface area (Å²) in [4.78, 5) is 28.5. The fraction of sp³-hybridized carbons (Fsp3) is 0.240. The third-order valence-electron chi connectivity index (χ3n) is 5.70. The Morgan fingerprint density at radius 2 is 1.80 bits per heavy atom. The van der Waals surface area contributed by atoms with Crippen LogP contribution in [0.25, 0.3) is 0 Å². The quantitative estimate of drug-likeness (QED) is 0.502. The summed E-state index contributed by atoms with van der Waals surface area (Å²) in [6, 6.07) is 11.7. The second-order valence-electron chi connectivity index (χ2n) is 8.09. The molecule has 3 aromatic rings. The van der Waals surface area contributed by atoms with Gasteiger partial charge in [-0.3, -0.25) is 14.6 Å². The van der Waals surface area contributed by atoms with Gasteiger partial charge in [-0.2, -0.15) is 13.2 Å². The molecular weight excluding hydrogens is 483 g/mol. The van der Waals surface area contributed by atoms with Gasteiger partial charge in [-0.1, -0.05) is 17.7 Å². The first-order chi connectivity index (χ1) is 16.6. The molecule has 1 unspecified atom stereocenters. The molecule has 2 amide bonds. The molecule has 1 aliphatic carbocycles. The number of amides is 2. The molecule has 182 valence electrons. The summed E-state index contributed by atoms with van der Waals surface area (Å²) < 4.78 is 45.3. The van der Waals surface area contributed by atoms with Gasteiger partial charge in [0.15, 0.2) is 0 Å². The summed E-state index contributed by atoms with van der Waals surface area (Å²) in [5.74, 6) is 0.0776. The third kappa shape index (κ3) is 5.74. The Bertz CT molecular complexity index is 1280. The zero-order valence-electron chi connectivity index (χ0n) is 18.6. The van der Waals surface area contributed by atoms with E-state index in [4.69, 9.17) is 16.3 Å². The van der Waals surface area contributed by atoms with Crippen molar-refractivity contribution in [3.8, 4) is 11.5 Å². The van der Waals surface area contributed by atoms with Crippen molar-refractivity contribution < 1.29 is 27.5 Å². The Balaban J connectivity index is 1.46. The van der Waals surface area contributed by atoms with Crippen molar-refractivity contribution in [2.45, 2.75) is 31.5 Å². The number of aromatic nitrogens is 1. The first-order valence-corrected chi connectivity index (χ1v) is 11.2. The van der Waals surface area contributed by atoms with E-state index in [9.17, 15) is 22.8 Å². The smallest absolute Gasteiger partial charge is 0.417 e. The molecule has 6 nitrogen and oxygen atoms in total. The minimum Gasteiger partial charge on any atom is -0.457 e. The van der Waals surface area contributed by atoms with Gasteiger partial charge >= 0.3 is 6.18 Å². The molecule has 2 N–H and O–H groups in total. The summed E-state index contributed by atoms with van der Waals surface area (Å²) in [6.45, 7) is 0. The van der Waals surface area contributed by atoms with Crippen molar-refractivity contribution in [1.29, 1.82) is 0 Å². The van der Waals surface area contributed by atoms with Crippen LogP contribution in [-0.4, -0.2) is 29.9 Å². The Morgan fingerprint density at radius 1 is 1.03 bits per heavy atom. The molecule has 1 aliphatic rings. The van der Waals surface area contributed by atoms with Crippen LogP contribution in [-0.2, 0) is 19.0 Å². The van der Waals surface area contributed by atoms with Crippen LogP contribution >= 0.6 is 11.6 Å². The first kappa shape index (κ1) is 24.5. The van der Waals surface area contributed by atoms with Gasteiger partial charge in [-0.05, 0) is 66.8 Å². The van der Waals surface area contributed by atoms with Crippen molar-refractivity contribution in [3.05, 3.63) is 87.7 Å². The number of ether oxygens (including phenoxy) is 1. The lowest BCUT2D eigenvalue weighted by Crippen LogP contribution is -2.38. The van der Waals surface area contributed by atoms with Crippen LogP contribution < -0.4 is 15.4 Å². The van der Waals surface area contributed by atoms with Crippen molar-refractivity contribution >= 4 is 23.4 Å². The molecule has 10 heteroatoms. The fourth-order valence-electron chi connectivity index (χ4n) is 3.94. The van der Waals surface area contributed by atoms with Crippen molar-refractivity contribution in [1.82, 2.24) is 15.6 Å². The monoisotopic (exact) mass is 503 g/mol. The highest BCUT2D eigenvalue weighted by atomic mass is 35.5. The summed E-state index contributed by atoms with van der Waals surface area (Å²) in [5, 5.41) is 4.88. The van der Waals surface area contributed by atoms with Gasteiger partial charge in [0.05, 0.1) is 10.6 Å². The lowest BCUT2D eigenvalue weighted by atomic mass is 9.88. The number of pyridine rings is 1. The van der Waals surface area contributed by atoms with E-state index in [1.807, 2.05) is 18.2 Å². The number of rotatable bonds is 5. The maximum Gasteiger partial charge on any atom is 0.417 e. The molecule has 0 fully saturated rings. The predicted molar refractivity (Wildman–Crippen MR) is 124 cm³/mol.